The lowest BCUT2D eigenvalue weighted by Gasteiger charge is -2.01. The fourth-order valence-corrected chi connectivity index (χ4v) is 1.56. The number of para-hydroxylation sites is 2. The van der Waals surface area contributed by atoms with E-state index in [1.54, 1.807) is 31.5 Å². The van der Waals surface area contributed by atoms with Gasteiger partial charge in [-0.1, -0.05) is 24.3 Å². The van der Waals surface area contributed by atoms with Crippen molar-refractivity contribution < 1.29 is 9.84 Å². The minimum Gasteiger partial charge on any atom is -0.507 e. The molecule has 0 unspecified atom stereocenters. The smallest absolute Gasteiger partial charge is 0.127 e. The van der Waals surface area contributed by atoms with Gasteiger partial charge in [-0.2, -0.15) is 10.2 Å². The van der Waals surface area contributed by atoms with E-state index in [4.69, 9.17) is 4.74 Å². The molecular weight excluding hydrogens is 240 g/mol. The second-order valence-corrected chi connectivity index (χ2v) is 3.79. The van der Waals surface area contributed by atoms with E-state index < -0.39 is 0 Å². The van der Waals surface area contributed by atoms with E-state index in [9.17, 15) is 5.11 Å². The van der Waals surface area contributed by atoms with Crippen molar-refractivity contribution in [2.45, 2.75) is 0 Å². The van der Waals surface area contributed by atoms with Crippen LogP contribution in [0.4, 0.5) is 0 Å². The number of hydrogen-bond donors (Lipinski definition) is 1. The summed E-state index contributed by atoms with van der Waals surface area (Å²) in [5.41, 5.74) is 1.47. The zero-order valence-electron chi connectivity index (χ0n) is 10.5. The van der Waals surface area contributed by atoms with E-state index in [0.717, 1.165) is 11.3 Å². The van der Waals surface area contributed by atoms with Gasteiger partial charge in [0, 0.05) is 11.1 Å². The van der Waals surface area contributed by atoms with E-state index in [2.05, 4.69) is 10.2 Å². The topological polar surface area (TPSA) is 54.2 Å². The maximum atomic E-state index is 9.55. The van der Waals surface area contributed by atoms with Crippen LogP contribution in [0, 0.1) is 0 Å². The molecule has 2 aromatic carbocycles. The van der Waals surface area contributed by atoms with Crippen LogP contribution in [0.5, 0.6) is 11.5 Å². The Hall–Kier alpha value is -2.62. The highest BCUT2D eigenvalue weighted by atomic mass is 16.5. The number of ether oxygens (including phenoxy) is 1. The molecular formula is C15H14N2O2. The molecule has 0 aromatic heterocycles. The normalized spacial score (nSPS) is 11.2. The Morgan fingerprint density at radius 1 is 0.895 bits per heavy atom. The fourth-order valence-electron chi connectivity index (χ4n) is 1.56. The Morgan fingerprint density at radius 3 is 2.16 bits per heavy atom. The average Bonchev–Trinajstić information content (AvgIpc) is 2.45. The summed E-state index contributed by atoms with van der Waals surface area (Å²) in [4.78, 5) is 0. The monoisotopic (exact) mass is 254 g/mol. The molecule has 0 fully saturated rings. The van der Waals surface area contributed by atoms with Crippen molar-refractivity contribution >= 4 is 12.4 Å². The van der Waals surface area contributed by atoms with E-state index in [1.807, 2.05) is 30.3 Å². The van der Waals surface area contributed by atoms with Crippen LogP contribution in [-0.4, -0.2) is 24.6 Å². The third-order valence-electron chi connectivity index (χ3n) is 2.54. The summed E-state index contributed by atoms with van der Waals surface area (Å²) in [6.45, 7) is 0. The number of aromatic hydroxyl groups is 1. The fraction of sp³-hybridized carbons (Fsp3) is 0.0667. The molecule has 0 saturated carbocycles. The first-order chi connectivity index (χ1) is 9.31. The first-order valence-electron chi connectivity index (χ1n) is 5.78. The minimum absolute atomic E-state index is 0.179. The quantitative estimate of drug-likeness (QED) is 0.673. The summed E-state index contributed by atoms with van der Waals surface area (Å²) in [7, 11) is 1.61. The highest BCUT2D eigenvalue weighted by Gasteiger charge is 1.97. The van der Waals surface area contributed by atoms with Crippen LogP contribution in [0.25, 0.3) is 0 Å². The molecule has 19 heavy (non-hydrogen) atoms. The summed E-state index contributed by atoms with van der Waals surface area (Å²) in [5, 5.41) is 17.4. The molecule has 0 radical (unpaired) electrons. The van der Waals surface area contributed by atoms with Gasteiger partial charge in [-0.25, -0.2) is 0 Å². The standard InChI is InChI=1S/C15H14N2O2/c1-19-15-9-5-3-7-13(15)11-17-16-10-12-6-2-4-8-14(12)18/h2-11,18H,1H3. The number of methoxy groups -OCH3 is 1. The number of rotatable bonds is 4. The van der Waals surface area contributed by atoms with E-state index in [1.165, 1.54) is 6.21 Å². The van der Waals surface area contributed by atoms with E-state index >= 15 is 0 Å². The molecule has 0 spiro atoms. The van der Waals surface area contributed by atoms with Gasteiger partial charge in [0.25, 0.3) is 0 Å². The molecule has 0 amide bonds. The second-order valence-electron chi connectivity index (χ2n) is 3.79. The van der Waals surface area contributed by atoms with Crippen LogP contribution in [0.2, 0.25) is 0 Å². The van der Waals surface area contributed by atoms with E-state index in [-0.39, 0.29) is 5.75 Å². The van der Waals surface area contributed by atoms with Gasteiger partial charge in [-0.05, 0) is 24.3 Å². The minimum atomic E-state index is 0.179. The predicted octanol–water partition coefficient (Wildman–Crippen LogP) is 2.85. The van der Waals surface area contributed by atoms with Gasteiger partial charge in [0.05, 0.1) is 19.5 Å². The highest BCUT2D eigenvalue weighted by Crippen LogP contribution is 2.15. The van der Waals surface area contributed by atoms with Crippen molar-refractivity contribution in [3.8, 4) is 11.5 Å². The molecule has 96 valence electrons. The molecule has 0 saturated heterocycles. The molecule has 0 atom stereocenters. The first-order valence-corrected chi connectivity index (χ1v) is 5.78. The summed E-state index contributed by atoms with van der Waals surface area (Å²) >= 11 is 0. The molecule has 4 nitrogen and oxygen atoms in total. The molecule has 0 aliphatic heterocycles. The number of hydrogen-bond acceptors (Lipinski definition) is 4. The van der Waals surface area contributed by atoms with Crippen LogP contribution in [0.3, 0.4) is 0 Å². The molecule has 2 rings (SSSR count). The first kappa shape index (κ1) is 12.8. The largest absolute Gasteiger partial charge is 0.507 e. The van der Waals surface area contributed by atoms with Gasteiger partial charge in [0.15, 0.2) is 0 Å². The van der Waals surface area contributed by atoms with Gasteiger partial charge in [0.1, 0.15) is 11.5 Å². The van der Waals surface area contributed by atoms with Crippen LogP contribution in [0.1, 0.15) is 11.1 Å². The van der Waals surface area contributed by atoms with Crippen molar-refractivity contribution in [2.24, 2.45) is 10.2 Å². The Kier molecular flexibility index (Phi) is 4.29. The van der Waals surface area contributed by atoms with E-state index in [0.29, 0.717) is 5.56 Å². The van der Waals surface area contributed by atoms with Crippen molar-refractivity contribution in [3.63, 3.8) is 0 Å². The second kappa shape index (κ2) is 6.35. The molecule has 0 aliphatic carbocycles. The Labute approximate surface area is 111 Å². The summed E-state index contributed by atoms with van der Waals surface area (Å²) in [6, 6.07) is 14.5. The van der Waals surface area contributed by atoms with Crippen LogP contribution in [0.15, 0.2) is 58.7 Å². The predicted molar refractivity (Wildman–Crippen MR) is 76.3 cm³/mol. The summed E-state index contributed by atoms with van der Waals surface area (Å²) < 4.78 is 5.20. The van der Waals surface area contributed by atoms with Crippen molar-refractivity contribution in [1.82, 2.24) is 0 Å². The Bertz CT molecular complexity index is 607. The third kappa shape index (κ3) is 3.42. The lowest BCUT2D eigenvalue weighted by atomic mass is 10.2. The van der Waals surface area contributed by atoms with Gasteiger partial charge >= 0.3 is 0 Å². The van der Waals surface area contributed by atoms with Gasteiger partial charge in [-0.15, -0.1) is 0 Å². The molecule has 1 N–H and O–H groups in total. The van der Waals surface area contributed by atoms with Crippen LogP contribution < -0.4 is 4.74 Å². The number of phenols is 1. The number of nitrogens with zero attached hydrogens (tertiary/aromatic N) is 2. The van der Waals surface area contributed by atoms with Gasteiger partial charge in [0.2, 0.25) is 0 Å². The summed E-state index contributed by atoms with van der Waals surface area (Å²) in [6.07, 6.45) is 3.11. The average molecular weight is 254 g/mol. The van der Waals surface area contributed by atoms with Crippen LogP contribution in [-0.2, 0) is 0 Å². The Morgan fingerprint density at radius 2 is 1.47 bits per heavy atom. The van der Waals surface area contributed by atoms with Crippen LogP contribution >= 0.6 is 0 Å². The molecule has 0 heterocycles. The molecule has 0 bridgehead atoms. The van der Waals surface area contributed by atoms with Gasteiger partial charge in [-0.3, -0.25) is 0 Å². The van der Waals surface area contributed by atoms with Gasteiger partial charge < -0.3 is 9.84 Å². The zero-order chi connectivity index (χ0) is 13.5. The molecule has 0 aliphatic rings. The lowest BCUT2D eigenvalue weighted by molar-refractivity contribution is 0.414. The SMILES string of the molecule is COc1ccccc1C=NN=Cc1ccccc1O. The lowest BCUT2D eigenvalue weighted by Crippen LogP contribution is -1.89. The maximum absolute atomic E-state index is 9.55. The molecule has 4 heteroatoms. The van der Waals surface area contributed by atoms with Crippen molar-refractivity contribution in [3.05, 3.63) is 59.7 Å². The highest BCUT2D eigenvalue weighted by molar-refractivity contribution is 5.86. The zero-order valence-corrected chi connectivity index (χ0v) is 10.5. The summed E-state index contributed by atoms with van der Waals surface area (Å²) in [5.74, 6) is 0.919. The number of benzene rings is 2. The third-order valence-corrected chi connectivity index (χ3v) is 2.54. The molecule has 2 aromatic rings. The Balaban J connectivity index is 2.10. The number of phenolic OH excluding ortho intramolecular Hbond substituents is 1. The van der Waals surface area contributed by atoms with Crippen molar-refractivity contribution in [1.29, 1.82) is 0 Å². The maximum Gasteiger partial charge on any atom is 0.127 e. The van der Waals surface area contributed by atoms with Crippen molar-refractivity contribution in [2.75, 3.05) is 7.11 Å².